The van der Waals surface area contributed by atoms with E-state index in [9.17, 15) is 13.2 Å². The first-order valence-electron chi connectivity index (χ1n) is 7.71. The molecule has 1 fully saturated rings. The SMILES string of the molecule is CC[NH+]1CCC[C@H]1CNS(=O)(=O)c1cc(C(N)=O)ccc1OC. The minimum Gasteiger partial charge on any atom is -0.495 e. The molecule has 23 heavy (non-hydrogen) atoms. The van der Waals surface area contributed by atoms with E-state index < -0.39 is 15.9 Å². The van der Waals surface area contributed by atoms with Gasteiger partial charge in [0.1, 0.15) is 16.7 Å². The van der Waals surface area contributed by atoms with Crippen LogP contribution in [0.3, 0.4) is 0 Å². The molecule has 0 radical (unpaired) electrons. The molecule has 1 aliphatic heterocycles. The summed E-state index contributed by atoms with van der Waals surface area (Å²) < 4.78 is 32.9. The van der Waals surface area contributed by atoms with Gasteiger partial charge in [0, 0.05) is 18.4 Å². The molecule has 0 saturated carbocycles. The predicted octanol–water partition coefficient (Wildman–Crippen LogP) is -0.860. The lowest BCUT2D eigenvalue weighted by molar-refractivity contribution is -0.909. The second-order valence-electron chi connectivity index (χ2n) is 5.68. The molecular formula is C15H24N3O4S+. The lowest BCUT2D eigenvalue weighted by atomic mass is 10.2. The molecule has 2 atom stereocenters. The molecular weight excluding hydrogens is 318 g/mol. The maximum absolute atomic E-state index is 12.6. The van der Waals surface area contributed by atoms with Gasteiger partial charge in [0.2, 0.25) is 15.9 Å². The monoisotopic (exact) mass is 342 g/mol. The number of sulfonamides is 1. The van der Waals surface area contributed by atoms with Crippen molar-refractivity contribution in [3.8, 4) is 5.75 Å². The number of methoxy groups -OCH3 is 1. The van der Waals surface area contributed by atoms with E-state index in [0.29, 0.717) is 6.54 Å². The zero-order chi connectivity index (χ0) is 17.0. The Kier molecular flexibility index (Phi) is 5.61. The predicted molar refractivity (Wildman–Crippen MR) is 86.1 cm³/mol. The van der Waals surface area contributed by atoms with Gasteiger partial charge in [-0.2, -0.15) is 0 Å². The van der Waals surface area contributed by atoms with Crippen LogP contribution in [-0.2, 0) is 10.0 Å². The molecule has 1 aliphatic rings. The lowest BCUT2D eigenvalue weighted by Crippen LogP contribution is -3.14. The Morgan fingerprint density at radius 2 is 2.22 bits per heavy atom. The highest BCUT2D eigenvalue weighted by Crippen LogP contribution is 2.24. The van der Waals surface area contributed by atoms with E-state index in [1.165, 1.54) is 30.2 Å². The second-order valence-corrected chi connectivity index (χ2v) is 7.42. The van der Waals surface area contributed by atoms with Gasteiger partial charge >= 0.3 is 0 Å². The van der Waals surface area contributed by atoms with Gasteiger partial charge in [-0.25, -0.2) is 13.1 Å². The van der Waals surface area contributed by atoms with Crippen molar-refractivity contribution in [2.24, 2.45) is 5.73 Å². The number of benzene rings is 1. The third kappa shape index (κ3) is 4.01. The smallest absolute Gasteiger partial charge is 0.248 e. The molecule has 0 spiro atoms. The number of rotatable bonds is 7. The van der Waals surface area contributed by atoms with Gasteiger partial charge in [-0.05, 0) is 25.1 Å². The fourth-order valence-electron chi connectivity index (χ4n) is 3.02. The molecule has 1 amide bonds. The lowest BCUT2D eigenvalue weighted by Gasteiger charge is -2.20. The topological polar surface area (TPSA) is 103 Å². The Morgan fingerprint density at radius 1 is 1.48 bits per heavy atom. The highest BCUT2D eigenvalue weighted by atomic mass is 32.2. The highest BCUT2D eigenvalue weighted by Gasteiger charge is 2.29. The molecule has 1 heterocycles. The molecule has 1 aromatic rings. The molecule has 0 bridgehead atoms. The summed E-state index contributed by atoms with van der Waals surface area (Å²) in [5.74, 6) is -0.491. The van der Waals surface area contributed by atoms with Crippen LogP contribution in [0.15, 0.2) is 23.1 Å². The Morgan fingerprint density at radius 3 is 2.83 bits per heavy atom. The van der Waals surface area contributed by atoms with Crippen molar-refractivity contribution in [1.29, 1.82) is 0 Å². The Hall–Kier alpha value is -1.64. The van der Waals surface area contributed by atoms with Crippen molar-refractivity contribution in [1.82, 2.24) is 4.72 Å². The van der Waals surface area contributed by atoms with Crippen LogP contribution in [0.1, 0.15) is 30.1 Å². The van der Waals surface area contributed by atoms with Gasteiger partial charge < -0.3 is 15.4 Å². The Bertz CT molecular complexity index is 675. The van der Waals surface area contributed by atoms with E-state index >= 15 is 0 Å². The number of amides is 1. The van der Waals surface area contributed by atoms with E-state index in [0.717, 1.165) is 25.9 Å². The zero-order valence-corrected chi connectivity index (χ0v) is 14.3. The van der Waals surface area contributed by atoms with Crippen LogP contribution in [-0.4, -0.2) is 47.1 Å². The van der Waals surface area contributed by atoms with Gasteiger partial charge in [0.05, 0.1) is 26.7 Å². The van der Waals surface area contributed by atoms with Gasteiger partial charge in [-0.1, -0.05) is 0 Å². The molecule has 1 unspecified atom stereocenters. The molecule has 2 rings (SSSR count). The van der Waals surface area contributed by atoms with Crippen LogP contribution in [0.25, 0.3) is 0 Å². The van der Waals surface area contributed by atoms with Crippen molar-refractivity contribution in [3.05, 3.63) is 23.8 Å². The number of carbonyl (C=O) groups is 1. The average Bonchev–Trinajstić information content (AvgIpc) is 2.99. The summed E-state index contributed by atoms with van der Waals surface area (Å²) >= 11 is 0. The number of ether oxygens (including phenoxy) is 1. The number of nitrogens with two attached hydrogens (primary N) is 1. The van der Waals surface area contributed by atoms with Crippen LogP contribution < -0.4 is 20.1 Å². The first kappa shape index (κ1) is 17.7. The van der Waals surface area contributed by atoms with Crippen molar-refractivity contribution < 1.29 is 22.8 Å². The minimum absolute atomic E-state index is 0.0626. The maximum atomic E-state index is 12.6. The zero-order valence-electron chi connectivity index (χ0n) is 13.5. The number of carbonyl (C=O) groups excluding carboxylic acids is 1. The van der Waals surface area contributed by atoms with Crippen LogP contribution in [0.2, 0.25) is 0 Å². The number of hydrogen-bond donors (Lipinski definition) is 3. The normalized spacial score (nSPS) is 21.3. The van der Waals surface area contributed by atoms with Crippen LogP contribution >= 0.6 is 0 Å². The fourth-order valence-corrected chi connectivity index (χ4v) is 4.30. The summed E-state index contributed by atoms with van der Waals surface area (Å²) in [5.41, 5.74) is 5.36. The summed E-state index contributed by atoms with van der Waals surface area (Å²) in [5, 5.41) is 0. The second kappa shape index (κ2) is 7.29. The first-order chi connectivity index (χ1) is 10.9. The highest BCUT2D eigenvalue weighted by molar-refractivity contribution is 7.89. The van der Waals surface area contributed by atoms with Gasteiger partial charge in [-0.15, -0.1) is 0 Å². The van der Waals surface area contributed by atoms with E-state index in [-0.39, 0.29) is 22.3 Å². The van der Waals surface area contributed by atoms with E-state index in [2.05, 4.69) is 11.6 Å². The summed E-state index contributed by atoms with van der Waals surface area (Å²) in [4.78, 5) is 12.6. The number of likely N-dealkylation sites (N-methyl/N-ethyl adjacent to an activating group) is 1. The molecule has 8 heteroatoms. The van der Waals surface area contributed by atoms with E-state index in [1.54, 1.807) is 0 Å². The number of hydrogen-bond acceptors (Lipinski definition) is 4. The minimum atomic E-state index is -3.77. The largest absolute Gasteiger partial charge is 0.495 e. The van der Waals surface area contributed by atoms with E-state index in [4.69, 9.17) is 10.5 Å². The number of primary amides is 1. The number of quaternary nitrogens is 1. The van der Waals surface area contributed by atoms with Crippen molar-refractivity contribution in [2.75, 3.05) is 26.7 Å². The van der Waals surface area contributed by atoms with Gasteiger partial charge in [0.25, 0.3) is 0 Å². The summed E-state index contributed by atoms with van der Waals surface area (Å²) in [6.07, 6.45) is 2.11. The molecule has 0 aliphatic carbocycles. The molecule has 128 valence electrons. The van der Waals surface area contributed by atoms with E-state index in [1.807, 2.05) is 0 Å². The molecule has 7 nitrogen and oxygen atoms in total. The third-order valence-electron chi connectivity index (χ3n) is 4.34. The van der Waals surface area contributed by atoms with Gasteiger partial charge in [0.15, 0.2) is 0 Å². The Balaban J connectivity index is 2.21. The number of nitrogens with one attached hydrogen (secondary N) is 2. The van der Waals surface area contributed by atoms with Crippen molar-refractivity contribution in [2.45, 2.75) is 30.7 Å². The molecule has 4 N–H and O–H groups in total. The first-order valence-corrected chi connectivity index (χ1v) is 9.19. The summed E-state index contributed by atoms with van der Waals surface area (Å²) in [7, 11) is -2.39. The summed E-state index contributed by atoms with van der Waals surface area (Å²) in [6, 6.07) is 4.41. The average molecular weight is 342 g/mol. The molecule has 1 aromatic carbocycles. The van der Waals surface area contributed by atoms with Crippen LogP contribution in [0, 0.1) is 0 Å². The molecule has 1 saturated heterocycles. The number of likely N-dealkylation sites (tertiary alicyclic amines) is 1. The quantitative estimate of drug-likeness (QED) is 0.600. The third-order valence-corrected chi connectivity index (χ3v) is 5.78. The van der Waals surface area contributed by atoms with Gasteiger partial charge in [-0.3, -0.25) is 4.79 Å². The van der Waals surface area contributed by atoms with Crippen molar-refractivity contribution in [3.63, 3.8) is 0 Å². The van der Waals surface area contributed by atoms with Crippen LogP contribution in [0.5, 0.6) is 5.75 Å². The summed E-state index contributed by atoms with van der Waals surface area (Å²) in [6.45, 7) is 4.52. The van der Waals surface area contributed by atoms with Crippen LogP contribution in [0.4, 0.5) is 0 Å². The maximum Gasteiger partial charge on any atom is 0.248 e. The standard InChI is InChI=1S/C15H23N3O4S/c1-3-18-8-4-5-12(18)10-17-23(20,21)14-9-11(15(16)19)6-7-13(14)22-2/h6-7,9,12,17H,3-5,8,10H2,1-2H3,(H2,16,19)/p+1/t12-/m0/s1. The van der Waals surface area contributed by atoms with Crippen molar-refractivity contribution >= 4 is 15.9 Å². The fraction of sp³-hybridized carbons (Fsp3) is 0.533. The Labute approximate surface area is 136 Å². The molecule has 0 aromatic heterocycles.